The first-order valence-corrected chi connectivity index (χ1v) is 14.9. The molecule has 8 nitrogen and oxygen atoms in total. The van der Waals surface area contributed by atoms with Gasteiger partial charge in [0.1, 0.15) is 40.5 Å². The van der Waals surface area contributed by atoms with E-state index in [1.807, 2.05) is 6.92 Å². The minimum atomic E-state index is -1.00. The molecule has 0 spiro atoms. The number of hydrogen-bond donors (Lipinski definition) is 2. The molecule has 2 fully saturated rings. The molecule has 6 rings (SSSR count). The minimum absolute atomic E-state index is 0.0550. The second-order valence-corrected chi connectivity index (χ2v) is 11.9. The largest absolute Gasteiger partial charge is 0.508 e. The Bertz CT molecular complexity index is 1460. The first kappa shape index (κ1) is 28.3. The van der Waals surface area contributed by atoms with Crippen LogP contribution in [-0.4, -0.2) is 47.4 Å². The maximum absolute atomic E-state index is 13.1. The van der Waals surface area contributed by atoms with Crippen molar-refractivity contribution in [2.45, 2.75) is 82.8 Å². The van der Waals surface area contributed by atoms with E-state index in [-0.39, 0.29) is 35.7 Å². The van der Waals surface area contributed by atoms with E-state index in [4.69, 9.17) is 18.9 Å². The summed E-state index contributed by atoms with van der Waals surface area (Å²) in [7, 11) is 1.61. The zero-order valence-electron chi connectivity index (χ0n) is 24.4. The van der Waals surface area contributed by atoms with Crippen molar-refractivity contribution in [3.63, 3.8) is 0 Å². The zero-order valence-corrected chi connectivity index (χ0v) is 24.4. The monoisotopic (exact) mass is 574 g/mol. The molecule has 0 aromatic heterocycles. The van der Waals surface area contributed by atoms with E-state index >= 15 is 0 Å². The number of ketones is 1. The van der Waals surface area contributed by atoms with E-state index in [0.29, 0.717) is 48.5 Å². The molecule has 222 valence electrons. The van der Waals surface area contributed by atoms with E-state index in [0.717, 1.165) is 48.0 Å². The molecule has 2 aliphatic carbocycles. The highest BCUT2D eigenvalue weighted by Gasteiger charge is 2.47. The number of hydrogen-bond acceptors (Lipinski definition) is 8. The number of phenolic OH excluding ortho intramolecular Hbond substituents is 1. The highest BCUT2D eigenvalue weighted by atomic mass is 16.6. The van der Waals surface area contributed by atoms with Crippen molar-refractivity contribution in [3.8, 4) is 23.0 Å². The molecule has 4 aliphatic rings. The Hall–Kier alpha value is -3.78. The third-order valence-corrected chi connectivity index (χ3v) is 9.43. The zero-order chi connectivity index (χ0) is 29.6. The van der Waals surface area contributed by atoms with E-state index in [1.54, 1.807) is 50.4 Å². The first-order valence-electron chi connectivity index (χ1n) is 14.9. The molecule has 2 aromatic carbocycles. The Balaban J connectivity index is 1.44. The normalized spacial score (nSPS) is 25.0. The summed E-state index contributed by atoms with van der Waals surface area (Å²) in [5.41, 5.74) is 3.19. The Labute approximate surface area is 245 Å². The van der Waals surface area contributed by atoms with Crippen LogP contribution in [0.1, 0.15) is 81.4 Å². The molecule has 0 radical (unpaired) electrons. The maximum atomic E-state index is 13.1. The lowest BCUT2D eigenvalue weighted by Gasteiger charge is -2.35. The number of aliphatic hydroxyl groups is 1. The fraction of sp³-hybridized carbons (Fsp3) is 0.471. The number of allylic oxidation sites excluding steroid dienone is 3. The summed E-state index contributed by atoms with van der Waals surface area (Å²) < 4.78 is 23.9. The van der Waals surface area contributed by atoms with Crippen LogP contribution in [0.25, 0.3) is 5.57 Å². The molecular formula is C34H38O8. The Morgan fingerprint density at radius 1 is 1.10 bits per heavy atom. The summed E-state index contributed by atoms with van der Waals surface area (Å²) in [5, 5.41) is 21.4. The molecule has 2 N–H and O–H groups in total. The molecule has 42 heavy (non-hydrogen) atoms. The maximum Gasteiger partial charge on any atom is 0.374 e. The lowest BCUT2D eigenvalue weighted by Crippen LogP contribution is -2.47. The molecular weight excluding hydrogens is 536 g/mol. The van der Waals surface area contributed by atoms with E-state index in [9.17, 15) is 19.8 Å². The number of methoxy groups -OCH3 is 1. The highest BCUT2D eigenvalue weighted by molar-refractivity contribution is 5.98. The molecule has 2 aliphatic heterocycles. The van der Waals surface area contributed by atoms with Crippen LogP contribution in [0.4, 0.5) is 0 Å². The fourth-order valence-electron chi connectivity index (χ4n) is 7.09. The van der Waals surface area contributed by atoms with Gasteiger partial charge in [0.15, 0.2) is 0 Å². The summed E-state index contributed by atoms with van der Waals surface area (Å²) in [4.78, 5) is 26.0. The third kappa shape index (κ3) is 4.96. The number of carbonyl (C=O) groups is 2. The topological polar surface area (TPSA) is 112 Å². The summed E-state index contributed by atoms with van der Waals surface area (Å²) in [6.45, 7) is 3.81. The van der Waals surface area contributed by atoms with E-state index < -0.39 is 17.7 Å². The molecule has 0 saturated heterocycles. The van der Waals surface area contributed by atoms with Gasteiger partial charge in [-0.05, 0) is 74.8 Å². The smallest absolute Gasteiger partial charge is 0.374 e. The van der Waals surface area contributed by atoms with Gasteiger partial charge in [0, 0.05) is 30.4 Å². The molecule has 2 saturated carbocycles. The van der Waals surface area contributed by atoms with Gasteiger partial charge in [0.25, 0.3) is 0 Å². The average molecular weight is 575 g/mol. The molecule has 2 heterocycles. The van der Waals surface area contributed by atoms with Crippen molar-refractivity contribution in [1.82, 2.24) is 0 Å². The summed E-state index contributed by atoms with van der Waals surface area (Å²) in [5.74, 6) is 1.13. The lowest BCUT2D eigenvalue weighted by atomic mass is 9.77. The summed E-state index contributed by atoms with van der Waals surface area (Å²) in [6, 6.07) is 8.54. The fourth-order valence-corrected chi connectivity index (χ4v) is 7.09. The Kier molecular flexibility index (Phi) is 7.51. The first-order chi connectivity index (χ1) is 20.2. The second kappa shape index (κ2) is 11.1. The number of rotatable bonds is 6. The van der Waals surface area contributed by atoms with Crippen LogP contribution in [0.5, 0.6) is 23.0 Å². The predicted octanol–water partition coefficient (Wildman–Crippen LogP) is 5.78. The van der Waals surface area contributed by atoms with Crippen LogP contribution in [-0.2, 0) is 20.7 Å². The van der Waals surface area contributed by atoms with Gasteiger partial charge in [0.2, 0.25) is 5.76 Å². The number of aromatic hydroxyl groups is 1. The number of fused-ring (bicyclic) bond motifs is 2. The lowest BCUT2D eigenvalue weighted by molar-refractivity contribution is -0.141. The number of Topliss-reactive ketones (excluding diaryl/α,β-unsaturated/α-hetero) is 1. The standard InChI is InChI=1S/C34H38O8/c1-4-40-33(37)29-16-24(20-11-14-26(36)23(15-20)19-9-12-22(35)13-10-19)31-28(41-29)18-27-25(32(31)39-3)17-30(42-27)34(2,38)21-7-5-6-8-21/h9-10,12-13,16,18,21,23,30,35,38H,4-8,11,14-15,17H2,1-3H3. The Morgan fingerprint density at radius 2 is 1.83 bits per heavy atom. The molecule has 2 aromatic rings. The third-order valence-electron chi connectivity index (χ3n) is 9.43. The van der Waals surface area contributed by atoms with Crippen LogP contribution in [0, 0.1) is 5.92 Å². The number of ether oxygens (including phenoxy) is 4. The van der Waals surface area contributed by atoms with Crippen LogP contribution >= 0.6 is 0 Å². The van der Waals surface area contributed by atoms with Crippen molar-refractivity contribution in [3.05, 3.63) is 64.4 Å². The van der Waals surface area contributed by atoms with Gasteiger partial charge in [-0.2, -0.15) is 0 Å². The van der Waals surface area contributed by atoms with E-state index in [2.05, 4.69) is 0 Å². The van der Waals surface area contributed by atoms with Gasteiger partial charge >= 0.3 is 5.97 Å². The van der Waals surface area contributed by atoms with Crippen molar-refractivity contribution >= 4 is 17.3 Å². The number of esters is 1. The van der Waals surface area contributed by atoms with Gasteiger partial charge in [-0.15, -0.1) is 0 Å². The highest BCUT2D eigenvalue weighted by Crippen LogP contribution is 2.53. The molecule has 0 amide bonds. The molecule has 0 bridgehead atoms. The van der Waals surface area contributed by atoms with Crippen LogP contribution in [0.15, 0.2) is 47.7 Å². The van der Waals surface area contributed by atoms with Gasteiger partial charge < -0.3 is 29.2 Å². The van der Waals surface area contributed by atoms with Crippen LogP contribution in [0.2, 0.25) is 0 Å². The van der Waals surface area contributed by atoms with Crippen molar-refractivity contribution in [2.24, 2.45) is 5.92 Å². The number of carbonyl (C=O) groups excluding carboxylic acids is 2. The summed E-state index contributed by atoms with van der Waals surface area (Å²) in [6.07, 6.45) is 7.27. The van der Waals surface area contributed by atoms with Crippen LogP contribution < -0.4 is 14.2 Å². The summed E-state index contributed by atoms with van der Waals surface area (Å²) >= 11 is 0. The van der Waals surface area contributed by atoms with Gasteiger partial charge in [-0.1, -0.05) is 30.5 Å². The molecule has 3 atom stereocenters. The molecule has 3 unspecified atom stereocenters. The van der Waals surface area contributed by atoms with Crippen molar-refractivity contribution in [1.29, 1.82) is 0 Å². The Morgan fingerprint density at radius 3 is 2.52 bits per heavy atom. The quantitative estimate of drug-likeness (QED) is 0.418. The SMILES string of the molecule is CCOC(=O)C1=CC(=C2CCC(=O)C(c3ccc(O)cc3)C2)c2c(cc3c(c2OC)CC(C(C)(O)C2CCCC2)O3)O1. The minimum Gasteiger partial charge on any atom is -0.508 e. The predicted molar refractivity (Wildman–Crippen MR) is 156 cm³/mol. The van der Waals surface area contributed by atoms with Crippen LogP contribution in [0.3, 0.4) is 0 Å². The molecule has 8 heteroatoms. The average Bonchev–Trinajstić information content (AvgIpc) is 3.68. The van der Waals surface area contributed by atoms with Crippen molar-refractivity contribution in [2.75, 3.05) is 13.7 Å². The van der Waals surface area contributed by atoms with Gasteiger partial charge in [0.05, 0.1) is 19.3 Å². The number of phenols is 1. The second-order valence-electron chi connectivity index (χ2n) is 11.9. The van der Waals surface area contributed by atoms with Gasteiger partial charge in [-0.25, -0.2) is 4.79 Å². The number of benzene rings is 2. The van der Waals surface area contributed by atoms with E-state index in [1.165, 1.54) is 0 Å². The van der Waals surface area contributed by atoms with Gasteiger partial charge in [-0.3, -0.25) is 4.79 Å². The van der Waals surface area contributed by atoms with Crippen molar-refractivity contribution < 1.29 is 38.7 Å².